The molecule has 1 aliphatic rings. The second-order valence-electron chi connectivity index (χ2n) is 9.36. The molecule has 1 saturated heterocycles. The number of aromatic nitrogens is 1. The topological polar surface area (TPSA) is 57.7 Å². The molecule has 0 amide bonds. The van der Waals surface area contributed by atoms with Crippen molar-refractivity contribution < 1.29 is 35.9 Å². The molecule has 2 aromatic heterocycles. The summed E-state index contributed by atoms with van der Waals surface area (Å²) in [6, 6.07) is 12.2. The van der Waals surface area contributed by atoms with Gasteiger partial charge in [-0.05, 0) is 41.8 Å². The van der Waals surface area contributed by atoms with Gasteiger partial charge in [-0.15, -0.1) is 36.2 Å². The van der Waals surface area contributed by atoms with Gasteiger partial charge in [-0.2, -0.15) is 26.3 Å². The molecule has 0 bridgehead atoms. The van der Waals surface area contributed by atoms with Crippen molar-refractivity contribution in [3.8, 4) is 0 Å². The van der Waals surface area contributed by atoms with Gasteiger partial charge < -0.3 is 15.0 Å². The zero-order chi connectivity index (χ0) is 29.2. The van der Waals surface area contributed by atoms with Gasteiger partial charge in [0.2, 0.25) is 0 Å². The molecule has 43 heavy (non-hydrogen) atoms. The van der Waals surface area contributed by atoms with E-state index in [1.807, 2.05) is 4.90 Å². The monoisotopic (exact) mass is 666 g/mol. The first kappa shape index (κ1) is 34.2. The molecule has 1 fully saturated rings. The fourth-order valence-electron chi connectivity index (χ4n) is 4.67. The Kier molecular flexibility index (Phi) is 11.2. The summed E-state index contributed by atoms with van der Waals surface area (Å²) in [5.41, 5.74) is -0.446. The van der Waals surface area contributed by atoms with Crippen LogP contribution in [-0.2, 0) is 17.1 Å². The first-order chi connectivity index (χ1) is 19.5. The Morgan fingerprint density at radius 3 is 2.33 bits per heavy atom. The highest BCUT2D eigenvalue weighted by atomic mass is 35.5. The van der Waals surface area contributed by atoms with E-state index in [1.165, 1.54) is 30.5 Å². The van der Waals surface area contributed by atoms with E-state index in [2.05, 4.69) is 15.2 Å². The van der Waals surface area contributed by atoms with Gasteiger partial charge in [-0.1, -0.05) is 18.2 Å². The number of benzene rings is 2. The maximum atomic E-state index is 13.4. The minimum Gasteiger partial charge on any atom is -0.460 e. The number of carbonyl (C=O) groups excluding carboxylic acids is 1. The Balaban J connectivity index is 0.00000253. The first-order valence-electron chi connectivity index (χ1n) is 12.6. The largest absolute Gasteiger partial charge is 0.460 e. The summed E-state index contributed by atoms with van der Waals surface area (Å²) in [6.45, 7) is 2.80. The molecule has 4 aromatic rings. The highest BCUT2D eigenvalue weighted by molar-refractivity contribution is 7.12. The molecule has 0 saturated carbocycles. The zero-order valence-electron chi connectivity index (χ0n) is 22.2. The van der Waals surface area contributed by atoms with Gasteiger partial charge in [0.05, 0.1) is 22.3 Å². The molecular weight excluding hydrogens is 641 g/mol. The van der Waals surface area contributed by atoms with Crippen LogP contribution >= 0.6 is 36.2 Å². The number of para-hydroxylation sites is 1. The second kappa shape index (κ2) is 14.0. The van der Waals surface area contributed by atoms with E-state index in [-0.39, 0.29) is 47.2 Å². The van der Waals surface area contributed by atoms with Gasteiger partial charge in [-0.3, -0.25) is 9.88 Å². The second-order valence-corrected chi connectivity index (χ2v) is 10.3. The lowest BCUT2D eigenvalue weighted by atomic mass is 10.1. The van der Waals surface area contributed by atoms with Crippen LogP contribution in [0.15, 0.2) is 66.2 Å². The van der Waals surface area contributed by atoms with E-state index in [9.17, 15) is 31.1 Å². The maximum Gasteiger partial charge on any atom is 0.418 e. The molecule has 232 valence electrons. The molecule has 2 aromatic carbocycles. The minimum absolute atomic E-state index is 0. The van der Waals surface area contributed by atoms with Crippen LogP contribution in [0, 0.1) is 0 Å². The Hall–Kier alpha value is -3.26. The standard InChI is InChI=1S/C28H24F6N4O2S.2ClH/c29-27(30,31)18-3-1-4-19(17-18)38-12-10-37(11-13-38)14-15-40-26(39)25-23(8-16-41-25)36-22-7-9-35-24-20(22)5-2-6-21(24)28(32,33)34;;/h1-9,16-17H,10-15H2,(H,35,36);2*1H. The van der Waals surface area contributed by atoms with Crippen molar-refractivity contribution >= 4 is 70.1 Å². The lowest BCUT2D eigenvalue weighted by Crippen LogP contribution is -2.47. The number of rotatable bonds is 7. The Labute approximate surface area is 259 Å². The van der Waals surface area contributed by atoms with Gasteiger partial charge in [0.25, 0.3) is 0 Å². The molecule has 1 N–H and O–H groups in total. The summed E-state index contributed by atoms with van der Waals surface area (Å²) >= 11 is 1.14. The average Bonchev–Trinajstić information content (AvgIpc) is 3.41. The van der Waals surface area contributed by atoms with Gasteiger partial charge in [-0.25, -0.2) is 4.79 Å². The number of halogens is 8. The summed E-state index contributed by atoms with van der Waals surface area (Å²) in [6.07, 6.45) is -7.69. The van der Waals surface area contributed by atoms with E-state index in [1.54, 1.807) is 17.5 Å². The number of esters is 1. The molecule has 0 unspecified atom stereocenters. The quantitative estimate of drug-likeness (QED) is 0.160. The number of nitrogens with zero attached hydrogens (tertiary/aromatic N) is 3. The van der Waals surface area contributed by atoms with E-state index in [0.29, 0.717) is 49.8 Å². The molecule has 0 spiro atoms. The van der Waals surface area contributed by atoms with E-state index >= 15 is 0 Å². The number of hydrogen-bond acceptors (Lipinski definition) is 7. The van der Waals surface area contributed by atoms with Crippen molar-refractivity contribution in [1.82, 2.24) is 9.88 Å². The number of thiophene rings is 1. The Morgan fingerprint density at radius 1 is 0.907 bits per heavy atom. The molecule has 3 heterocycles. The number of anilines is 3. The third-order valence-electron chi connectivity index (χ3n) is 6.75. The van der Waals surface area contributed by atoms with E-state index < -0.39 is 29.4 Å². The lowest BCUT2D eigenvalue weighted by molar-refractivity contribution is -0.138. The fraction of sp³-hybridized carbons (Fsp3) is 0.286. The maximum absolute atomic E-state index is 13.4. The van der Waals surface area contributed by atoms with Crippen LogP contribution in [0.3, 0.4) is 0 Å². The average molecular weight is 668 g/mol. The number of alkyl halides is 6. The van der Waals surface area contributed by atoms with Crippen LogP contribution in [0.4, 0.5) is 43.4 Å². The van der Waals surface area contributed by atoms with Crippen molar-refractivity contribution in [3.05, 3.63) is 82.2 Å². The molecule has 1 aliphatic heterocycles. The molecule has 6 nitrogen and oxygen atoms in total. The van der Waals surface area contributed by atoms with Crippen LogP contribution in [0.2, 0.25) is 0 Å². The summed E-state index contributed by atoms with van der Waals surface area (Å²) in [4.78, 5) is 21.0. The number of carbonyl (C=O) groups is 1. The van der Waals surface area contributed by atoms with Crippen LogP contribution in [0.25, 0.3) is 10.9 Å². The number of nitrogens with one attached hydrogen (secondary N) is 1. The van der Waals surface area contributed by atoms with Crippen molar-refractivity contribution in [1.29, 1.82) is 0 Å². The summed E-state index contributed by atoms with van der Waals surface area (Å²) < 4.78 is 84.9. The Morgan fingerprint density at radius 2 is 1.63 bits per heavy atom. The fourth-order valence-corrected chi connectivity index (χ4v) is 5.41. The lowest BCUT2D eigenvalue weighted by Gasteiger charge is -2.36. The van der Waals surface area contributed by atoms with E-state index in [0.717, 1.165) is 29.5 Å². The highest BCUT2D eigenvalue weighted by Crippen LogP contribution is 2.37. The SMILES string of the molecule is Cl.Cl.O=C(OCCN1CCN(c2cccc(C(F)(F)F)c2)CC1)c1sccc1Nc1ccnc2c(C(F)(F)F)cccc12. The molecule has 15 heteroatoms. The number of pyridine rings is 1. The van der Waals surface area contributed by atoms with Crippen LogP contribution in [0.1, 0.15) is 20.8 Å². The number of ether oxygens (including phenoxy) is 1. The number of piperazine rings is 1. The third-order valence-corrected chi connectivity index (χ3v) is 7.64. The molecular formula is C28H26Cl2F6N4O2S. The van der Waals surface area contributed by atoms with Crippen LogP contribution in [0.5, 0.6) is 0 Å². The van der Waals surface area contributed by atoms with Crippen molar-refractivity contribution in [2.75, 3.05) is 49.5 Å². The summed E-state index contributed by atoms with van der Waals surface area (Å²) in [7, 11) is 0. The van der Waals surface area contributed by atoms with Crippen LogP contribution < -0.4 is 10.2 Å². The Bertz CT molecular complexity index is 1540. The summed E-state index contributed by atoms with van der Waals surface area (Å²) in [5, 5.41) is 4.98. The zero-order valence-corrected chi connectivity index (χ0v) is 24.7. The third kappa shape index (κ3) is 8.02. The molecule has 5 rings (SSSR count). The first-order valence-corrected chi connectivity index (χ1v) is 13.5. The van der Waals surface area contributed by atoms with Crippen LogP contribution in [-0.4, -0.2) is 55.2 Å². The molecule has 0 atom stereocenters. The van der Waals surface area contributed by atoms with Gasteiger partial charge in [0.1, 0.15) is 11.5 Å². The smallest absolute Gasteiger partial charge is 0.418 e. The normalized spacial score (nSPS) is 14.1. The predicted molar refractivity (Wildman–Crippen MR) is 159 cm³/mol. The molecule has 0 radical (unpaired) electrons. The number of fused-ring (bicyclic) bond motifs is 1. The van der Waals surface area contributed by atoms with Crippen molar-refractivity contribution in [2.24, 2.45) is 0 Å². The van der Waals surface area contributed by atoms with Gasteiger partial charge >= 0.3 is 18.3 Å². The summed E-state index contributed by atoms with van der Waals surface area (Å²) in [5.74, 6) is -0.570. The van der Waals surface area contributed by atoms with E-state index in [4.69, 9.17) is 4.74 Å². The van der Waals surface area contributed by atoms with Crippen molar-refractivity contribution in [2.45, 2.75) is 12.4 Å². The molecule has 0 aliphatic carbocycles. The van der Waals surface area contributed by atoms with Gasteiger partial charge in [0, 0.05) is 55.7 Å². The minimum atomic E-state index is -4.56. The van der Waals surface area contributed by atoms with Crippen molar-refractivity contribution in [3.63, 3.8) is 0 Å². The predicted octanol–water partition coefficient (Wildman–Crippen LogP) is 7.90. The van der Waals surface area contributed by atoms with Gasteiger partial charge in [0.15, 0.2) is 0 Å². The highest BCUT2D eigenvalue weighted by Gasteiger charge is 2.33. The number of hydrogen-bond donors (Lipinski definition) is 1.